The molecular weight excluding hydrogens is 292 g/mol. The lowest BCUT2D eigenvalue weighted by Gasteiger charge is -2.49. The van der Waals surface area contributed by atoms with Crippen LogP contribution in [0.25, 0.3) is 0 Å². The van der Waals surface area contributed by atoms with E-state index in [0.29, 0.717) is 17.9 Å². The molecule has 1 aromatic rings. The van der Waals surface area contributed by atoms with Crippen LogP contribution >= 0.6 is 0 Å². The molecular formula is C19H24O4. The van der Waals surface area contributed by atoms with Crippen LogP contribution in [0, 0.1) is 11.8 Å². The Hall–Kier alpha value is -1.97. The van der Waals surface area contributed by atoms with Crippen molar-refractivity contribution in [3.63, 3.8) is 0 Å². The number of fused-ring (bicyclic) bond motifs is 3. The topological polar surface area (TPSA) is 55.8 Å². The highest BCUT2D eigenvalue weighted by molar-refractivity contribution is 5.96. The van der Waals surface area contributed by atoms with E-state index in [2.05, 4.69) is 13.8 Å². The smallest absolute Gasteiger partial charge is 0.197 e. The van der Waals surface area contributed by atoms with Gasteiger partial charge in [0.25, 0.3) is 0 Å². The van der Waals surface area contributed by atoms with Crippen molar-refractivity contribution in [1.82, 2.24) is 0 Å². The summed E-state index contributed by atoms with van der Waals surface area (Å²) in [5, 5.41) is 10.8. The second-order valence-corrected chi connectivity index (χ2v) is 6.83. The summed E-state index contributed by atoms with van der Waals surface area (Å²) in [6.45, 7) is 4.25. The zero-order valence-corrected chi connectivity index (χ0v) is 14.2. The SMILES string of the molecule is COC1=CC2CCc3ccc(OC)c(O)c3[C@]2(C(C)C)CC1=O. The molecule has 0 fully saturated rings. The van der Waals surface area contributed by atoms with Gasteiger partial charge in [-0.15, -0.1) is 0 Å². The minimum absolute atomic E-state index is 0.00696. The van der Waals surface area contributed by atoms with Crippen LogP contribution in [0.4, 0.5) is 0 Å². The molecule has 1 aromatic carbocycles. The van der Waals surface area contributed by atoms with Crippen LogP contribution in [0.3, 0.4) is 0 Å². The summed E-state index contributed by atoms with van der Waals surface area (Å²) in [4.78, 5) is 12.6. The Balaban J connectivity index is 2.27. The van der Waals surface area contributed by atoms with Crippen LogP contribution in [0.1, 0.15) is 37.8 Å². The summed E-state index contributed by atoms with van der Waals surface area (Å²) in [6, 6.07) is 3.83. The molecule has 124 valence electrons. The third kappa shape index (κ3) is 2.15. The van der Waals surface area contributed by atoms with E-state index in [1.165, 1.54) is 0 Å². The highest BCUT2D eigenvalue weighted by Gasteiger charge is 2.52. The zero-order chi connectivity index (χ0) is 16.8. The van der Waals surface area contributed by atoms with Gasteiger partial charge >= 0.3 is 0 Å². The molecule has 1 N–H and O–H groups in total. The summed E-state index contributed by atoms with van der Waals surface area (Å²) in [5.41, 5.74) is 1.61. The quantitative estimate of drug-likeness (QED) is 0.929. The summed E-state index contributed by atoms with van der Waals surface area (Å²) < 4.78 is 10.6. The fraction of sp³-hybridized carbons (Fsp3) is 0.526. The van der Waals surface area contributed by atoms with Crippen LogP contribution in [-0.4, -0.2) is 25.1 Å². The van der Waals surface area contributed by atoms with Gasteiger partial charge in [0.2, 0.25) is 0 Å². The number of rotatable bonds is 3. The van der Waals surface area contributed by atoms with Crippen LogP contribution in [0.2, 0.25) is 0 Å². The molecule has 0 spiro atoms. The third-order valence-electron chi connectivity index (χ3n) is 5.63. The number of hydrogen-bond donors (Lipinski definition) is 1. The first kappa shape index (κ1) is 15.9. The molecule has 0 aromatic heterocycles. The third-order valence-corrected chi connectivity index (χ3v) is 5.63. The lowest BCUT2D eigenvalue weighted by molar-refractivity contribution is -0.122. The molecule has 2 aliphatic rings. The number of aromatic hydroxyl groups is 1. The lowest BCUT2D eigenvalue weighted by atomic mass is 9.54. The maximum atomic E-state index is 12.6. The molecule has 2 aliphatic carbocycles. The second-order valence-electron chi connectivity index (χ2n) is 6.83. The predicted octanol–water partition coefficient (Wildman–Crippen LogP) is 3.36. The van der Waals surface area contributed by atoms with E-state index in [0.717, 1.165) is 24.0 Å². The standard InChI is InChI=1S/C19H24O4/c1-11(2)19-10-14(20)16(23-4)9-13(19)7-5-12-6-8-15(22-3)18(21)17(12)19/h6,8-9,11,13,21H,5,7,10H2,1-4H3/t13?,19-/m0/s1. The van der Waals surface area contributed by atoms with E-state index < -0.39 is 5.41 Å². The van der Waals surface area contributed by atoms with E-state index in [1.807, 2.05) is 18.2 Å². The van der Waals surface area contributed by atoms with Crippen LogP contribution in [0.5, 0.6) is 11.5 Å². The maximum Gasteiger partial charge on any atom is 0.197 e. The molecule has 23 heavy (non-hydrogen) atoms. The number of allylic oxidation sites excluding steroid dienone is 2. The van der Waals surface area contributed by atoms with E-state index in [-0.39, 0.29) is 23.4 Å². The minimum atomic E-state index is -0.397. The Morgan fingerprint density at radius 1 is 1.26 bits per heavy atom. The van der Waals surface area contributed by atoms with Gasteiger partial charge in [-0.2, -0.15) is 0 Å². The van der Waals surface area contributed by atoms with Crippen molar-refractivity contribution in [2.75, 3.05) is 14.2 Å². The molecule has 1 unspecified atom stereocenters. The molecule has 0 bridgehead atoms. The lowest BCUT2D eigenvalue weighted by Crippen LogP contribution is -2.47. The number of phenolic OH excluding ortho intramolecular Hbond substituents is 1. The number of aryl methyl sites for hydroxylation is 1. The second kappa shape index (κ2) is 5.59. The van der Waals surface area contributed by atoms with E-state index >= 15 is 0 Å². The first-order valence-corrected chi connectivity index (χ1v) is 8.14. The van der Waals surface area contributed by atoms with Crippen LogP contribution in [-0.2, 0) is 21.4 Å². The van der Waals surface area contributed by atoms with Crippen molar-refractivity contribution in [1.29, 1.82) is 0 Å². The summed E-state index contributed by atoms with van der Waals surface area (Å²) >= 11 is 0. The summed E-state index contributed by atoms with van der Waals surface area (Å²) in [6.07, 6.45) is 4.17. The largest absolute Gasteiger partial charge is 0.504 e. The van der Waals surface area contributed by atoms with Crippen molar-refractivity contribution < 1.29 is 19.4 Å². The van der Waals surface area contributed by atoms with Gasteiger partial charge in [0.1, 0.15) is 0 Å². The van der Waals surface area contributed by atoms with Gasteiger partial charge < -0.3 is 14.6 Å². The monoisotopic (exact) mass is 316 g/mol. The molecule has 0 radical (unpaired) electrons. The van der Waals surface area contributed by atoms with Crippen LogP contribution in [0.15, 0.2) is 24.0 Å². The Labute approximate surface area is 137 Å². The molecule has 0 amide bonds. The van der Waals surface area contributed by atoms with Crippen molar-refractivity contribution >= 4 is 5.78 Å². The van der Waals surface area contributed by atoms with Crippen molar-refractivity contribution in [3.05, 3.63) is 35.1 Å². The number of hydrogen-bond acceptors (Lipinski definition) is 4. The number of phenols is 1. The van der Waals surface area contributed by atoms with Crippen molar-refractivity contribution in [3.8, 4) is 11.5 Å². The van der Waals surface area contributed by atoms with Gasteiger partial charge in [-0.25, -0.2) is 0 Å². The first-order chi connectivity index (χ1) is 11.0. The number of carbonyl (C=O) groups is 1. The van der Waals surface area contributed by atoms with E-state index in [9.17, 15) is 9.90 Å². The van der Waals surface area contributed by atoms with Gasteiger partial charge in [-0.05, 0) is 42.4 Å². The maximum absolute atomic E-state index is 12.6. The molecule has 4 nitrogen and oxygen atoms in total. The average molecular weight is 316 g/mol. The fourth-order valence-electron chi connectivity index (χ4n) is 4.44. The Morgan fingerprint density at radius 2 is 2.00 bits per heavy atom. The molecule has 0 heterocycles. The van der Waals surface area contributed by atoms with Crippen molar-refractivity contribution in [2.45, 2.75) is 38.5 Å². The number of methoxy groups -OCH3 is 2. The van der Waals surface area contributed by atoms with Crippen LogP contribution < -0.4 is 4.74 Å². The molecule has 3 rings (SSSR count). The van der Waals surface area contributed by atoms with E-state index in [4.69, 9.17) is 9.47 Å². The fourth-order valence-corrected chi connectivity index (χ4v) is 4.44. The number of ether oxygens (including phenoxy) is 2. The van der Waals surface area contributed by atoms with Gasteiger partial charge in [0, 0.05) is 17.4 Å². The Morgan fingerprint density at radius 3 is 2.61 bits per heavy atom. The molecule has 0 saturated heterocycles. The zero-order valence-electron chi connectivity index (χ0n) is 14.2. The molecule has 0 aliphatic heterocycles. The Kier molecular flexibility index (Phi) is 3.86. The summed E-state index contributed by atoms with van der Waals surface area (Å²) in [7, 11) is 3.10. The number of benzene rings is 1. The highest BCUT2D eigenvalue weighted by Crippen LogP contribution is 2.56. The first-order valence-electron chi connectivity index (χ1n) is 8.14. The Bertz CT molecular complexity index is 674. The summed E-state index contributed by atoms with van der Waals surface area (Å²) in [5.74, 6) is 1.51. The minimum Gasteiger partial charge on any atom is -0.504 e. The van der Waals surface area contributed by atoms with Crippen molar-refractivity contribution in [2.24, 2.45) is 11.8 Å². The van der Waals surface area contributed by atoms with E-state index in [1.54, 1.807) is 14.2 Å². The molecule has 0 saturated carbocycles. The molecule has 4 heteroatoms. The number of Topliss-reactive ketones (excluding diaryl/α,β-unsaturated/α-hetero) is 1. The van der Waals surface area contributed by atoms with Gasteiger partial charge in [-0.3, -0.25) is 4.79 Å². The predicted molar refractivity (Wildman–Crippen MR) is 87.7 cm³/mol. The average Bonchev–Trinajstić information content (AvgIpc) is 2.53. The van der Waals surface area contributed by atoms with Gasteiger partial charge in [0.15, 0.2) is 23.0 Å². The van der Waals surface area contributed by atoms with Gasteiger partial charge in [0.05, 0.1) is 14.2 Å². The normalized spacial score (nSPS) is 26.4. The van der Waals surface area contributed by atoms with Gasteiger partial charge in [-0.1, -0.05) is 19.9 Å². The molecule has 2 atom stereocenters. The highest BCUT2D eigenvalue weighted by atomic mass is 16.5. The number of carbonyl (C=O) groups excluding carboxylic acids is 1. The number of ketones is 1.